The number of imide groups is 1. The van der Waals surface area contributed by atoms with Crippen molar-refractivity contribution in [3.8, 4) is 11.5 Å². The predicted molar refractivity (Wildman–Crippen MR) is 129 cm³/mol. The summed E-state index contributed by atoms with van der Waals surface area (Å²) in [5.41, 5.74) is 0.0771. The lowest BCUT2D eigenvalue weighted by molar-refractivity contribution is -0.394. The van der Waals surface area contributed by atoms with Gasteiger partial charge in [-0.05, 0) is 47.7 Å². The third-order valence-electron chi connectivity index (χ3n) is 4.90. The van der Waals surface area contributed by atoms with E-state index in [0.29, 0.717) is 10.6 Å². The van der Waals surface area contributed by atoms with E-state index in [2.05, 4.69) is 0 Å². The summed E-state index contributed by atoms with van der Waals surface area (Å²) in [4.78, 5) is 47.5. The minimum atomic E-state index is -0.785. The third-order valence-corrected chi connectivity index (χ3v) is 6.06. The molecule has 1 aliphatic heterocycles. The van der Waals surface area contributed by atoms with Crippen LogP contribution in [0.15, 0.2) is 71.6 Å². The minimum Gasteiger partial charge on any atom is -0.449 e. The molecule has 0 aromatic heterocycles. The summed E-state index contributed by atoms with van der Waals surface area (Å²) in [5, 5.41) is 22.5. The molecule has 0 saturated carbocycles. The van der Waals surface area contributed by atoms with Crippen LogP contribution >= 0.6 is 23.4 Å². The quantitative estimate of drug-likeness (QED) is 0.208. The molecule has 1 saturated heterocycles. The van der Waals surface area contributed by atoms with E-state index in [9.17, 15) is 29.8 Å². The van der Waals surface area contributed by atoms with Crippen LogP contribution < -0.4 is 4.74 Å². The standard InChI is InChI=1S/C23H14ClN3O7S/c24-16-7-5-14(6-8-16)13-25-22(28)21(35-23(25)29)11-15-3-1-2-4-19(15)34-20-10-9-17(26(30)31)12-18(20)27(32)33/h1-12H,13H2/b21-11-. The zero-order valence-corrected chi connectivity index (χ0v) is 19.2. The fourth-order valence-electron chi connectivity index (χ4n) is 3.21. The zero-order chi connectivity index (χ0) is 25.1. The number of halogens is 1. The van der Waals surface area contributed by atoms with E-state index < -0.39 is 32.4 Å². The molecule has 0 spiro atoms. The van der Waals surface area contributed by atoms with Gasteiger partial charge in [0.15, 0.2) is 0 Å². The lowest BCUT2D eigenvalue weighted by Gasteiger charge is -2.12. The van der Waals surface area contributed by atoms with Crippen LogP contribution in [-0.4, -0.2) is 25.9 Å². The molecule has 3 aromatic carbocycles. The molecule has 0 N–H and O–H groups in total. The van der Waals surface area contributed by atoms with E-state index in [1.165, 1.54) is 12.1 Å². The van der Waals surface area contributed by atoms with Gasteiger partial charge in [0.1, 0.15) is 5.75 Å². The molecule has 0 atom stereocenters. The second kappa shape index (κ2) is 9.95. The topological polar surface area (TPSA) is 133 Å². The summed E-state index contributed by atoms with van der Waals surface area (Å²) in [6.45, 7) is 0.0757. The lowest BCUT2D eigenvalue weighted by Crippen LogP contribution is -2.27. The highest BCUT2D eigenvalue weighted by Gasteiger charge is 2.35. The van der Waals surface area contributed by atoms with Gasteiger partial charge in [0.25, 0.3) is 16.8 Å². The number of amides is 2. The van der Waals surface area contributed by atoms with E-state index >= 15 is 0 Å². The number of carbonyl (C=O) groups is 2. The number of rotatable bonds is 7. The van der Waals surface area contributed by atoms with Crippen LogP contribution in [0.4, 0.5) is 16.2 Å². The number of thioether (sulfide) groups is 1. The molecule has 0 bridgehead atoms. The number of hydrogen-bond acceptors (Lipinski definition) is 8. The van der Waals surface area contributed by atoms with Crippen LogP contribution in [0.5, 0.6) is 11.5 Å². The highest BCUT2D eigenvalue weighted by molar-refractivity contribution is 8.18. The van der Waals surface area contributed by atoms with E-state index in [1.54, 1.807) is 42.5 Å². The maximum atomic E-state index is 12.9. The molecular formula is C23H14ClN3O7S. The number of carbonyl (C=O) groups excluding carboxylic acids is 2. The summed E-state index contributed by atoms with van der Waals surface area (Å²) >= 11 is 6.64. The van der Waals surface area contributed by atoms with Crippen molar-refractivity contribution < 1.29 is 24.2 Å². The Morgan fingerprint density at radius 1 is 0.943 bits per heavy atom. The van der Waals surface area contributed by atoms with Crippen LogP contribution in [0.3, 0.4) is 0 Å². The van der Waals surface area contributed by atoms with Crippen LogP contribution in [0.1, 0.15) is 11.1 Å². The van der Waals surface area contributed by atoms with Gasteiger partial charge in [-0.15, -0.1) is 0 Å². The van der Waals surface area contributed by atoms with Crippen molar-refractivity contribution in [2.45, 2.75) is 6.54 Å². The molecule has 4 rings (SSSR count). The SMILES string of the molecule is O=C1S/C(=C\c2ccccc2Oc2ccc([N+](=O)[O-])cc2[N+](=O)[O-])C(=O)N1Cc1ccc(Cl)cc1. The van der Waals surface area contributed by atoms with Crippen molar-refractivity contribution in [3.05, 3.63) is 108 Å². The summed E-state index contributed by atoms with van der Waals surface area (Å²) in [5.74, 6) is -0.544. The van der Waals surface area contributed by atoms with E-state index in [1.807, 2.05) is 0 Å². The summed E-state index contributed by atoms with van der Waals surface area (Å²) in [6.07, 6.45) is 1.46. The molecule has 3 aromatic rings. The highest BCUT2D eigenvalue weighted by atomic mass is 35.5. The van der Waals surface area contributed by atoms with Crippen molar-refractivity contribution >= 4 is 52.0 Å². The molecule has 1 aliphatic rings. The van der Waals surface area contributed by atoms with Crippen LogP contribution in [0.25, 0.3) is 6.08 Å². The van der Waals surface area contributed by atoms with Crippen molar-refractivity contribution in [2.24, 2.45) is 0 Å². The second-order valence-corrected chi connectivity index (χ2v) is 8.63. The number of nitro groups is 2. The van der Waals surface area contributed by atoms with Crippen LogP contribution in [0, 0.1) is 20.2 Å². The molecule has 176 valence electrons. The Labute approximate surface area is 207 Å². The van der Waals surface area contributed by atoms with Gasteiger partial charge in [-0.1, -0.05) is 41.9 Å². The third kappa shape index (κ3) is 5.31. The van der Waals surface area contributed by atoms with Gasteiger partial charge in [0.2, 0.25) is 5.75 Å². The molecular weight excluding hydrogens is 498 g/mol. The van der Waals surface area contributed by atoms with Crippen molar-refractivity contribution in [1.82, 2.24) is 4.90 Å². The Kier molecular flexibility index (Phi) is 6.80. The number of hydrogen-bond donors (Lipinski definition) is 0. The molecule has 35 heavy (non-hydrogen) atoms. The first kappa shape index (κ1) is 23.9. The lowest BCUT2D eigenvalue weighted by atomic mass is 10.1. The average molecular weight is 512 g/mol. The molecule has 1 fully saturated rings. The van der Waals surface area contributed by atoms with E-state index in [0.717, 1.165) is 40.4 Å². The van der Waals surface area contributed by atoms with Crippen LogP contribution in [-0.2, 0) is 11.3 Å². The van der Waals surface area contributed by atoms with Crippen molar-refractivity contribution in [1.29, 1.82) is 0 Å². The fraction of sp³-hybridized carbons (Fsp3) is 0.0435. The van der Waals surface area contributed by atoms with Gasteiger partial charge >= 0.3 is 5.69 Å². The fourth-order valence-corrected chi connectivity index (χ4v) is 4.16. The first-order chi connectivity index (χ1) is 16.7. The predicted octanol–water partition coefficient (Wildman–Crippen LogP) is 6.19. The van der Waals surface area contributed by atoms with Gasteiger partial charge in [0.05, 0.1) is 27.4 Å². The van der Waals surface area contributed by atoms with Gasteiger partial charge < -0.3 is 4.74 Å². The molecule has 0 aliphatic carbocycles. The normalized spacial score (nSPS) is 14.4. The maximum Gasteiger partial charge on any atom is 0.318 e. The Morgan fingerprint density at radius 2 is 1.66 bits per heavy atom. The Bertz CT molecular complexity index is 1390. The Morgan fingerprint density at radius 3 is 2.34 bits per heavy atom. The maximum absolute atomic E-state index is 12.9. The molecule has 0 radical (unpaired) electrons. The average Bonchev–Trinajstić information content (AvgIpc) is 3.09. The van der Waals surface area contributed by atoms with Crippen LogP contribution in [0.2, 0.25) is 5.02 Å². The molecule has 12 heteroatoms. The zero-order valence-electron chi connectivity index (χ0n) is 17.6. The second-order valence-electron chi connectivity index (χ2n) is 7.20. The van der Waals surface area contributed by atoms with Gasteiger partial charge in [0, 0.05) is 16.7 Å². The number of benzene rings is 3. The number of nitrogens with zero attached hydrogens (tertiary/aromatic N) is 3. The summed E-state index contributed by atoms with van der Waals surface area (Å²) in [7, 11) is 0. The summed E-state index contributed by atoms with van der Waals surface area (Å²) < 4.78 is 5.70. The van der Waals surface area contributed by atoms with E-state index in [4.69, 9.17) is 16.3 Å². The molecule has 2 amide bonds. The van der Waals surface area contributed by atoms with Crippen molar-refractivity contribution in [2.75, 3.05) is 0 Å². The first-order valence-corrected chi connectivity index (χ1v) is 11.1. The monoisotopic (exact) mass is 511 g/mol. The highest BCUT2D eigenvalue weighted by Crippen LogP contribution is 2.38. The molecule has 1 heterocycles. The molecule has 0 unspecified atom stereocenters. The largest absolute Gasteiger partial charge is 0.449 e. The summed E-state index contributed by atoms with van der Waals surface area (Å²) in [6, 6.07) is 16.2. The van der Waals surface area contributed by atoms with E-state index in [-0.39, 0.29) is 22.9 Å². The van der Waals surface area contributed by atoms with Gasteiger partial charge in [-0.2, -0.15) is 0 Å². The van der Waals surface area contributed by atoms with Gasteiger partial charge in [-0.3, -0.25) is 34.7 Å². The number of ether oxygens (including phenoxy) is 1. The smallest absolute Gasteiger partial charge is 0.318 e. The Hall–Kier alpha value is -4.22. The molecule has 10 nitrogen and oxygen atoms in total. The first-order valence-electron chi connectivity index (χ1n) is 9.92. The minimum absolute atomic E-state index is 0.0757. The Balaban J connectivity index is 1.61. The van der Waals surface area contributed by atoms with Crippen molar-refractivity contribution in [3.63, 3.8) is 0 Å². The number of nitro benzene ring substituents is 2. The number of para-hydroxylation sites is 1. The number of non-ortho nitro benzene ring substituents is 1. The van der Waals surface area contributed by atoms with Gasteiger partial charge in [-0.25, -0.2) is 0 Å².